The van der Waals surface area contributed by atoms with Crippen LogP contribution in [0.3, 0.4) is 0 Å². The van der Waals surface area contributed by atoms with E-state index in [1.165, 1.54) is 24.3 Å². The maximum Gasteiger partial charge on any atom is 0.267 e. The van der Waals surface area contributed by atoms with E-state index in [4.69, 9.17) is 33.7 Å². The zero-order valence-electron chi connectivity index (χ0n) is 17.9. The number of nitrogens with zero attached hydrogens (tertiary/aromatic N) is 1. The van der Waals surface area contributed by atoms with Crippen LogP contribution in [0.5, 0.6) is 11.5 Å². The molecule has 1 aromatic heterocycles. The Kier molecular flexibility index (Phi) is 6.35. The highest BCUT2D eigenvalue weighted by molar-refractivity contribution is 6.32. The van der Waals surface area contributed by atoms with E-state index in [1.54, 1.807) is 12.1 Å². The summed E-state index contributed by atoms with van der Waals surface area (Å²) in [4.78, 5) is 17.7. The monoisotopic (exact) mass is 486 g/mol. The van der Waals surface area contributed by atoms with Gasteiger partial charge in [-0.05, 0) is 42.5 Å². The first kappa shape index (κ1) is 22.8. The Morgan fingerprint density at radius 2 is 1.91 bits per heavy atom. The Hall–Kier alpha value is -3.42. The SMILES string of the molecule is CN(C)c1ccc2[nH]c(C(=O)NCc3ccc(Cl)c(Oc4cc(N)cc(Cl)c4)c3F)cc2c1. The maximum absolute atomic E-state index is 15.1. The van der Waals surface area contributed by atoms with Gasteiger partial charge in [-0.1, -0.05) is 29.3 Å². The van der Waals surface area contributed by atoms with Crippen molar-refractivity contribution in [3.8, 4) is 11.5 Å². The Bertz CT molecular complexity index is 1330. The quantitative estimate of drug-likeness (QED) is 0.292. The number of anilines is 2. The summed E-state index contributed by atoms with van der Waals surface area (Å²) < 4.78 is 20.7. The molecule has 1 amide bonds. The van der Waals surface area contributed by atoms with Crippen molar-refractivity contribution in [3.05, 3.63) is 81.7 Å². The van der Waals surface area contributed by atoms with Crippen LogP contribution in [-0.4, -0.2) is 25.0 Å². The number of carbonyl (C=O) groups excluding carboxylic acids is 1. The predicted octanol–water partition coefficient (Wildman–Crippen LogP) is 5.98. The molecule has 0 aliphatic rings. The van der Waals surface area contributed by atoms with Crippen molar-refractivity contribution >= 4 is 51.4 Å². The summed E-state index contributed by atoms with van der Waals surface area (Å²) in [5.74, 6) is -0.977. The van der Waals surface area contributed by atoms with Crippen LogP contribution in [-0.2, 0) is 6.54 Å². The third-order valence-corrected chi connectivity index (χ3v) is 5.56. The largest absolute Gasteiger partial charge is 0.453 e. The lowest BCUT2D eigenvalue weighted by Gasteiger charge is -2.13. The smallest absolute Gasteiger partial charge is 0.267 e. The zero-order chi connectivity index (χ0) is 23.7. The number of nitrogens with one attached hydrogen (secondary N) is 2. The zero-order valence-corrected chi connectivity index (χ0v) is 19.4. The van der Waals surface area contributed by atoms with Gasteiger partial charge in [-0.25, -0.2) is 4.39 Å². The second-order valence-corrected chi connectivity index (χ2v) is 8.55. The molecular formula is C24H21Cl2FN4O2. The molecule has 33 heavy (non-hydrogen) atoms. The van der Waals surface area contributed by atoms with Gasteiger partial charge in [0.2, 0.25) is 0 Å². The van der Waals surface area contributed by atoms with Crippen LogP contribution >= 0.6 is 23.2 Å². The number of benzene rings is 3. The molecule has 0 radical (unpaired) electrons. The number of aromatic nitrogens is 1. The number of nitrogen functional groups attached to an aromatic ring is 1. The van der Waals surface area contributed by atoms with Crippen LogP contribution in [0.1, 0.15) is 16.1 Å². The first-order valence-electron chi connectivity index (χ1n) is 10.0. The number of nitrogens with two attached hydrogens (primary N) is 1. The van der Waals surface area contributed by atoms with Gasteiger partial charge in [0.1, 0.15) is 11.4 Å². The van der Waals surface area contributed by atoms with Crippen molar-refractivity contribution in [2.24, 2.45) is 0 Å². The standard InChI is InChI=1S/C24H21Cl2FN4O2/c1-31(2)17-4-6-20-14(7-17)8-21(30-20)24(32)29-12-13-3-5-19(26)23(22(13)27)33-18-10-15(25)9-16(28)11-18/h3-11,30H,12,28H2,1-2H3,(H,29,32). The fourth-order valence-corrected chi connectivity index (χ4v) is 3.77. The van der Waals surface area contributed by atoms with E-state index in [0.717, 1.165) is 16.6 Å². The first-order valence-corrected chi connectivity index (χ1v) is 10.8. The number of hydrogen-bond acceptors (Lipinski definition) is 4. The molecule has 6 nitrogen and oxygen atoms in total. The maximum atomic E-state index is 15.1. The van der Waals surface area contributed by atoms with Crippen molar-refractivity contribution in [2.45, 2.75) is 6.54 Å². The molecule has 4 rings (SSSR count). The van der Waals surface area contributed by atoms with Gasteiger partial charge in [-0.2, -0.15) is 0 Å². The van der Waals surface area contributed by atoms with Crippen molar-refractivity contribution < 1.29 is 13.9 Å². The topological polar surface area (TPSA) is 83.4 Å². The molecule has 0 spiro atoms. The average Bonchev–Trinajstić information content (AvgIpc) is 3.19. The molecule has 0 aliphatic carbocycles. The van der Waals surface area contributed by atoms with Gasteiger partial charge in [0.25, 0.3) is 5.91 Å². The second-order valence-electron chi connectivity index (χ2n) is 7.70. The molecule has 0 saturated carbocycles. The second kappa shape index (κ2) is 9.21. The van der Waals surface area contributed by atoms with Gasteiger partial charge >= 0.3 is 0 Å². The van der Waals surface area contributed by atoms with E-state index in [0.29, 0.717) is 16.4 Å². The van der Waals surface area contributed by atoms with E-state index in [1.807, 2.05) is 37.2 Å². The summed E-state index contributed by atoms with van der Waals surface area (Å²) in [5.41, 5.74) is 8.57. The highest BCUT2D eigenvalue weighted by Gasteiger charge is 2.17. The molecule has 3 aromatic carbocycles. The summed E-state index contributed by atoms with van der Waals surface area (Å²) in [6, 6.07) is 15.1. The molecular weight excluding hydrogens is 466 g/mol. The summed E-state index contributed by atoms with van der Waals surface area (Å²) in [5, 5.41) is 4.05. The lowest BCUT2D eigenvalue weighted by molar-refractivity contribution is 0.0946. The van der Waals surface area contributed by atoms with Gasteiger partial charge in [0, 0.05) is 59.6 Å². The molecule has 1 heterocycles. The number of carbonyl (C=O) groups is 1. The van der Waals surface area contributed by atoms with E-state index in [-0.39, 0.29) is 34.5 Å². The van der Waals surface area contributed by atoms with E-state index >= 15 is 4.39 Å². The van der Waals surface area contributed by atoms with Crippen molar-refractivity contribution in [1.29, 1.82) is 0 Å². The number of amides is 1. The Labute approximate surface area is 200 Å². The molecule has 0 unspecified atom stereocenters. The normalized spacial score (nSPS) is 10.9. The van der Waals surface area contributed by atoms with Crippen LogP contribution in [0.15, 0.2) is 54.6 Å². The molecule has 4 N–H and O–H groups in total. The van der Waals surface area contributed by atoms with Gasteiger partial charge < -0.3 is 25.7 Å². The Morgan fingerprint density at radius 3 is 2.64 bits per heavy atom. The van der Waals surface area contributed by atoms with Gasteiger partial charge in [0.15, 0.2) is 11.6 Å². The number of hydrogen-bond donors (Lipinski definition) is 3. The number of rotatable bonds is 6. The van der Waals surface area contributed by atoms with Gasteiger partial charge in [0.05, 0.1) is 5.02 Å². The molecule has 0 atom stereocenters. The fraction of sp³-hybridized carbons (Fsp3) is 0.125. The summed E-state index contributed by atoms with van der Waals surface area (Å²) in [6.45, 7) is -0.0613. The molecule has 0 fully saturated rings. The molecule has 9 heteroatoms. The number of aromatic amines is 1. The Balaban J connectivity index is 1.52. The molecule has 170 valence electrons. The van der Waals surface area contributed by atoms with Gasteiger partial charge in [-0.3, -0.25) is 4.79 Å². The van der Waals surface area contributed by atoms with E-state index < -0.39 is 5.82 Å². The van der Waals surface area contributed by atoms with Gasteiger partial charge in [-0.15, -0.1) is 0 Å². The highest BCUT2D eigenvalue weighted by atomic mass is 35.5. The van der Waals surface area contributed by atoms with Crippen molar-refractivity contribution in [3.63, 3.8) is 0 Å². The first-order chi connectivity index (χ1) is 15.7. The third-order valence-electron chi connectivity index (χ3n) is 5.05. The Morgan fingerprint density at radius 1 is 1.12 bits per heavy atom. The number of ether oxygens (including phenoxy) is 1. The third kappa shape index (κ3) is 4.99. The minimum atomic E-state index is -0.686. The summed E-state index contributed by atoms with van der Waals surface area (Å²) in [7, 11) is 3.89. The minimum Gasteiger partial charge on any atom is -0.453 e. The summed E-state index contributed by atoms with van der Waals surface area (Å²) >= 11 is 12.1. The van der Waals surface area contributed by atoms with Crippen LogP contribution in [0.2, 0.25) is 10.0 Å². The minimum absolute atomic E-state index is 0.0613. The average molecular weight is 487 g/mol. The van der Waals surface area contributed by atoms with Crippen LogP contribution in [0, 0.1) is 5.82 Å². The van der Waals surface area contributed by atoms with Crippen LogP contribution in [0.4, 0.5) is 15.8 Å². The van der Waals surface area contributed by atoms with E-state index in [2.05, 4.69) is 10.3 Å². The van der Waals surface area contributed by atoms with E-state index in [9.17, 15) is 4.79 Å². The predicted molar refractivity (Wildman–Crippen MR) is 131 cm³/mol. The lowest BCUT2D eigenvalue weighted by Crippen LogP contribution is -2.23. The fourth-order valence-electron chi connectivity index (χ4n) is 3.36. The molecule has 0 aliphatic heterocycles. The van der Waals surface area contributed by atoms with Crippen LogP contribution < -0.4 is 20.7 Å². The summed E-state index contributed by atoms with van der Waals surface area (Å²) in [6.07, 6.45) is 0. The number of fused-ring (bicyclic) bond motifs is 1. The molecule has 0 saturated heterocycles. The lowest BCUT2D eigenvalue weighted by atomic mass is 10.2. The number of H-pyrrole nitrogens is 1. The van der Waals surface area contributed by atoms with Crippen molar-refractivity contribution in [2.75, 3.05) is 24.7 Å². The van der Waals surface area contributed by atoms with Crippen molar-refractivity contribution in [1.82, 2.24) is 10.3 Å². The molecule has 4 aromatic rings. The molecule has 0 bridgehead atoms. The number of halogens is 3. The van der Waals surface area contributed by atoms with Crippen LogP contribution in [0.25, 0.3) is 10.9 Å². The highest BCUT2D eigenvalue weighted by Crippen LogP contribution is 2.35.